The van der Waals surface area contributed by atoms with Gasteiger partial charge in [-0.15, -0.1) is 0 Å². The molecule has 0 radical (unpaired) electrons. The molecule has 0 spiro atoms. The first kappa shape index (κ1) is 33.8. The molecular weight excluding hydrogens is 603 g/mol. The SMILES string of the molecule is Cc1cc(-c2nc(-c3ccccc3)c(-c3ccccc3)n2Cc2ccc(C(=O)CCCOCCOCCN)cc2)cc(C(F)(F)F)c1. The van der Waals surface area contributed by atoms with Gasteiger partial charge in [0.25, 0.3) is 0 Å². The predicted molar refractivity (Wildman–Crippen MR) is 178 cm³/mol. The van der Waals surface area contributed by atoms with Crippen LogP contribution in [0.2, 0.25) is 0 Å². The monoisotopic (exact) mass is 641 g/mol. The van der Waals surface area contributed by atoms with E-state index in [2.05, 4.69) is 0 Å². The number of nitrogens with zero attached hydrogens (tertiary/aromatic N) is 2. The average Bonchev–Trinajstić information content (AvgIpc) is 3.45. The number of aryl methyl sites for hydroxylation is 1. The molecule has 0 amide bonds. The summed E-state index contributed by atoms with van der Waals surface area (Å²) in [6.45, 7) is 4.32. The lowest BCUT2D eigenvalue weighted by molar-refractivity contribution is -0.137. The molecule has 0 aliphatic heterocycles. The number of aromatic nitrogens is 2. The van der Waals surface area contributed by atoms with E-state index in [9.17, 15) is 18.0 Å². The minimum atomic E-state index is -4.50. The Balaban J connectivity index is 1.47. The Kier molecular flexibility index (Phi) is 11.4. The van der Waals surface area contributed by atoms with Crippen molar-refractivity contribution in [3.8, 4) is 33.9 Å². The number of halogens is 3. The number of ketones is 1. The van der Waals surface area contributed by atoms with Crippen molar-refractivity contribution in [2.24, 2.45) is 5.73 Å². The largest absolute Gasteiger partial charge is 0.416 e. The highest BCUT2D eigenvalue weighted by Gasteiger charge is 2.32. The highest BCUT2D eigenvalue weighted by Crippen LogP contribution is 2.39. The summed E-state index contributed by atoms with van der Waals surface area (Å²) in [6, 6.07) is 30.8. The molecule has 0 bridgehead atoms. The second kappa shape index (κ2) is 15.8. The Morgan fingerprint density at radius 2 is 1.43 bits per heavy atom. The van der Waals surface area contributed by atoms with E-state index in [1.165, 1.54) is 0 Å². The second-order valence-electron chi connectivity index (χ2n) is 11.3. The first-order chi connectivity index (χ1) is 22.7. The van der Waals surface area contributed by atoms with Gasteiger partial charge >= 0.3 is 6.18 Å². The lowest BCUT2D eigenvalue weighted by Crippen LogP contribution is -2.12. The Bertz CT molecular complexity index is 1750. The van der Waals surface area contributed by atoms with Crippen molar-refractivity contribution in [1.82, 2.24) is 9.55 Å². The zero-order valence-electron chi connectivity index (χ0n) is 26.3. The number of rotatable bonds is 15. The van der Waals surface area contributed by atoms with Crippen molar-refractivity contribution in [3.63, 3.8) is 0 Å². The van der Waals surface area contributed by atoms with Crippen LogP contribution in [0.5, 0.6) is 0 Å². The summed E-state index contributed by atoms with van der Waals surface area (Å²) in [5, 5.41) is 0. The van der Waals surface area contributed by atoms with Crippen LogP contribution in [-0.4, -0.2) is 48.3 Å². The smallest absolute Gasteiger partial charge is 0.379 e. The maximum absolute atomic E-state index is 13.9. The van der Waals surface area contributed by atoms with Gasteiger partial charge in [0.2, 0.25) is 0 Å². The molecule has 5 aromatic rings. The summed E-state index contributed by atoms with van der Waals surface area (Å²) >= 11 is 0. The van der Waals surface area contributed by atoms with E-state index in [0.29, 0.717) is 80.6 Å². The Morgan fingerprint density at radius 1 is 0.787 bits per heavy atom. The number of Topliss-reactive ketones (excluding diaryl/α,β-unsaturated/α-hetero) is 1. The number of alkyl halides is 3. The number of imidazole rings is 1. The van der Waals surface area contributed by atoms with Crippen molar-refractivity contribution in [1.29, 1.82) is 0 Å². The molecule has 0 saturated heterocycles. The molecule has 47 heavy (non-hydrogen) atoms. The fourth-order valence-corrected chi connectivity index (χ4v) is 5.45. The van der Waals surface area contributed by atoms with Gasteiger partial charge in [-0.3, -0.25) is 4.79 Å². The van der Waals surface area contributed by atoms with E-state index in [4.69, 9.17) is 20.2 Å². The van der Waals surface area contributed by atoms with Gasteiger partial charge in [0, 0.05) is 48.4 Å². The number of hydrogen-bond acceptors (Lipinski definition) is 5. The molecule has 6 nitrogen and oxygen atoms in total. The van der Waals surface area contributed by atoms with Crippen LogP contribution in [0.15, 0.2) is 103 Å². The molecule has 1 heterocycles. The van der Waals surface area contributed by atoms with Crippen LogP contribution in [0.1, 0.15) is 39.9 Å². The number of nitrogens with two attached hydrogens (primary N) is 1. The van der Waals surface area contributed by atoms with Crippen LogP contribution < -0.4 is 5.73 Å². The van der Waals surface area contributed by atoms with E-state index in [1.807, 2.05) is 77.4 Å². The van der Waals surface area contributed by atoms with Gasteiger partial charge in [0.15, 0.2) is 5.78 Å². The maximum Gasteiger partial charge on any atom is 0.416 e. The molecular formula is C38H38F3N3O3. The Hall–Kier alpha value is -4.57. The van der Waals surface area contributed by atoms with Crippen LogP contribution in [0.25, 0.3) is 33.9 Å². The number of benzene rings is 4. The highest BCUT2D eigenvalue weighted by atomic mass is 19.4. The molecule has 4 aromatic carbocycles. The summed E-state index contributed by atoms with van der Waals surface area (Å²) in [7, 11) is 0. The molecule has 0 aliphatic rings. The van der Waals surface area contributed by atoms with Crippen molar-refractivity contribution in [3.05, 3.63) is 125 Å². The molecule has 5 rings (SSSR count). The summed E-state index contributed by atoms with van der Waals surface area (Å²) < 4.78 is 54.6. The van der Waals surface area contributed by atoms with Gasteiger partial charge in [-0.05, 0) is 42.7 Å². The minimum Gasteiger partial charge on any atom is -0.379 e. The first-order valence-corrected chi connectivity index (χ1v) is 15.6. The van der Waals surface area contributed by atoms with E-state index >= 15 is 0 Å². The van der Waals surface area contributed by atoms with Gasteiger partial charge in [0.1, 0.15) is 5.82 Å². The third kappa shape index (κ3) is 8.83. The zero-order chi connectivity index (χ0) is 33.2. The molecule has 0 saturated carbocycles. The molecule has 1 aromatic heterocycles. The minimum absolute atomic E-state index is 0.0126. The van der Waals surface area contributed by atoms with E-state index in [-0.39, 0.29) is 5.78 Å². The summed E-state index contributed by atoms with van der Waals surface area (Å²) in [6.07, 6.45) is -3.56. The first-order valence-electron chi connectivity index (χ1n) is 15.6. The van der Waals surface area contributed by atoms with Crippen molar-refractivity contribution in [2.75, 3.05) is 33.0 Å². The lowest BCUT2D eigenvalue weighted by atomic mass is 10.0. The van der Waals surface area contributed by atoms with Crippen molar-refractivity contribution < 1.29 is 27.4 Å². The lowest BCUT2D eigenvalue weighted by Gasteiger charge is -2.15. The molecule has 9 heteroatoms. The average molecular weight is 642 g/mol. The predicted octanol–water partition coefficient (Wildman–Crippen LogP) is 8.21. The van der Waals surface area contributed by atoms with Gasteiger partial charge < -0.3 is 19.8 Å². The highest BCUT2D eigenvalue weighted by molar-refractivity contribution is 5.96. The zero-order valence-corrected chi connectivity index (χ0v) is 26.3. The van der Waals surface area contributed by atoms with Crippen LogP contribution in [0.4, 0.5) is 13.2 Å². The number of ether oxygens (including phenoxy) is 2. The van der Waals surface area contributed by atoms with Gasteiger partial charge in [0.05, 0.1) is 36.8 Å². The van der Waals surface area contributed by atoms with E-state index in [1.54, 1.807) is 25.1 Å². The topological polar surface area (TPSA) is 79.4 Å². The van der Waals surface area contributed by atoms with Gasteiger partial charge in [-0.2, -0.15) is 13.2 Å². The fraction of sp³-hybridized carbons (Fsp3) is 0.263. The number of carbonyl (C=O) groups is 1. The van der Waals surface area contributed by atoms with Gasteiger partial charge in [-0.25, -0.2) is 4.98 Å². The standard InChI is InChI=1S/C38H38F3N3O3/c1-27-23-32(25-33(24-27)38(39,40)41)37-43-35(30-9-4-2-5-10-30)36(31-11-6-3-7-12-31)44(37)26-28-14-16-29(17-15-28)34(45)13-8-19-46-21-22-47-20-18-42/h2-7,9-12,14-17,23-25H,8,13,18-22,26,42H2,1H3. The summed E-state index contributed by atoms with van der Waals surface area (Å²) in [5.41, 5.74) is 10.2. The fourth-order valence-electron chi connectivity index (χ4n) is 5.45. The van der Waals surface area contributed by atoms with Crippen LogP contribution in [0, 0.1) is 6.92 Å². The normalized spacial score (nSPS) is 11.6. The molecule has 2 N–H and O–H groups in total. The van der Waals surface area contributed by atoms with Crippen LogP contribution in [-0.2, 0) is 22.2 Å². The van der Waals surface area contributed by atoms with Crippen LogP contribution >= 0.6 is 0 Å². The molecule has 0 fully saturated rings. The summed E-state index contributed by atoms with van der Waals surface area (Å²) in [5.74, 6) is 0.434. The maximum atomic E-state index is 13.9. The molecule has 0 aliphatic carbocycles. The van der Waals surface area contributed by atoms with Crippen LogP contribution in [0.3, 0.4) is 0 Å². The third-order valence-electron chi connectivity index (χ3n) is 7.67. The molecule has 244 valence electrons. The van der Waals surface area contributed by atoms with Crippen molar-refractivity contribution in [2.45, 2.75) is 32.5 Å². The quantitative estimate of drug-likeness (QED) is 0.0921. The van der Waals surface area contributed by atoms with Gasteiger partial charge in [-0.1, -0.05) is 84.9 Å². The molecule has 0 atom stereocenters. The third-order valence-corrected chi connectivity index (χ3v) is 7.67. The van der Waals surface area contributed by atoms with E-state index in [0.717, 1.165) is 34.5 Å². The Morgan fingerprint density at radius 3 is 2.06 bits per heavy atom. The van der Waals surface area contributed by atoms with Crippen molar-refractivity contribution >= 4 is 5.78 Å². The number of carbonyl (C=O) groups excluding carboxylic acids is 1. The number of hydrogen-bond donors (Lipinski definition) is 1. The summed E-state index contributed by atoms with van der Waals surface area (Å²) in [4.78, 5) is 17.9. The van der Waals surface area contributed by atoms with E-state index < -0.39 is 11.7 Å². The second-order valence-corrected chi connectivity index (χ2v) is 11.3. The molecule has 0 unspecified atom stereocenters. The Labute approximate surface area is 273 Å².